The van der Waals surface area contributed by atoms with E-state index in [0.717, 1.165) is 11.6 Å². The Morgan fingerprint density at radius 1 is 1.08 bits per heavy atom. The lowest BCUT2D eigenvalue weighted by Gasteiger charge is -2.36. The van der Waals surface area contributed by atoms with Crippen molar-refractivity contribution < 1.29 is 14.3 Å². The Balaban J connectivity index is 1.59. The third kappa shape index (κ3) is 3.56. The molecule has 26 heavy (non-hydrogen) atoms. The quantitative estimate of drug-likeness (QED) is 0.837. The lowest BCUT2D eigenvalue weighted by atomic mass is 10.1. The highest BCUT2D eigenvalue weighted by molar-refractivity contribution is 5.94. The summed E-state index contributed by atoms with van der Waals surface area (Å²) in [5.74, 6) is 1.58. The molecule has 0 N–H and O–H groups in total. The first-order valence-corrected chi connectivity index (χ1v) is 8.73. The smallest absolute Gasteiger partial charge is 0.253 e. The summed E-state index contributed by atoms with van der Waals surface area (Å²) in [7, 11) is 1.60. The van der Waals surface area contributed by atoms with Crippen molar-refractivity contribution in [3.63, 3.8) is 0 Å². The second kappa shape index (κ2) is 7.59. The Morgan fingerprint density at radius 3 is 2.23 bits per heavy atom. The number of methoxy groups -OCH3 is 1. The zero-order chi connectivity index (χ0) is 18.7. The molecule has 1 aliphatic rings. The first-order chi connectivity index (χ1) is 12.5. The minimum absolute atomic E-state index is 0.0155. The summed E-state index contributed by atoms with van der Waals surface area (Å²) < 4.78 is 6.99. The second-order valence-electron chi connectivity index (χ2n) is 6.40. The van der Waals surface area contributed by atoms with Gasteiger partial charge >= 0.3 is 0 Å². The standard InChI is InChI=1S/C19H24N4O3/c1-14(23-9-8-20-15(23)2)18(24)21-10-12-22(13-11-21)19(25)16-4-6-17(26-3)7-5-16/h4-9,14H,10-13H2,1-3H3. The molecule has 3 rings (SSSR count). The molecule has 1 unspecified atom stereocenters. The predicted molar refractivity (Wildman–Crippen MR) is 97.2 cm³/mol. The van der Waals surface area contributed by atoms with Crippen molar-refractivity contribution >= 4 is 11.8 Å². The Kier molecular flexibility index (Phi) is 5.25. The first-order valence-electron chi connectivity index (χ1n) is 8.73. The molecule has 2 amide bonds. The fraction of sp³-hybridized carbons (Fsp3) is 0.421. The molecule has 1 fully saturated rings. The van der Waals surface area contributed by atoms with E-state index in [1.807, 2.05) is 29.5 Å². The molecular weight excluding hydrogens is 332 g/mol. The number of piperazine rings is 1. The van der Waals surface area contributed by atoms with E-state index in [2.05, 4.69) is 4.98 Å². The molecule has 7 heteroatoms. The first kappa shape index (κ1) is 18.0. The number of carbonyl (C=O) groups excluding carboxylic acids is 2. The van der Waals surface area contributed by atoms with E-state index in [1.54, 1.807) is 42.5 Å². The summed E-state index contributed by atoms with van der Waals surface area (Å²) in [5.41, 5.74) is 0.632. The van der Waals surface area contributed by atoms with Crippen LogP contribution in [0.3, 0.4) is 0 Å². The molecular formula is C19H24N4O3. The minimum Gasteiger partial charge on any atom is -0.497 e. The zero-order valence-corrected chi connectivity index (χ0v) is 15.4. The average Bonchev–Trinajstić information content (AvgIpc) is 3.12. The highest BCUT2D eigenvalue weighted by Crippen LogP contribution is 2.17. The summed E-state index contributed by atoms with van der Waals surface area (Å²) in [6.07, 6.45) is 3.52. The van der Waals surface area contributed by atoms with Gasteiger partial charge in [-0.1, -0.05) is 0 Å². The van der Waals surface area contributed by atoms with Crippen LogP contribution < -0.4 is 4.74 Å². The zero-order valence-electron chi connectivity index (χ0n) is 15.4. The van der Waals surface area contributed by atoms with Gasteiger partial charge in [-0.15, -0.1) is 0 Å². The van der Waals surface area contributed by atoms with Gasteiger partial charge in [0.1, 0.15) is 17.6 Å². The summed E-state index contributed by atoms with van der Waals surface area (Å²) in [6, 6.07) is 6.80. The van der Waals surface area contributed by atoms with Crippen LogP contribution in [-0.4, -0.2) is 64.5 Å². The number of hydrogen-bond acceptors (Lipinski definition) is 4. The van der Waals surface area contributed by atoms with Gasteiger partial charge in [-0.05, 0) is 38.1 Å². The second-order valence-corrected chi connectivity index (χ2v) is 6.40. The van der Waals surface area contributed by atoms with Crippen molar-refractivity contribution in [1.82, 2.24) is 19.4 Å². The van der Waals surface area contributed by atoms with Gasteiger partial charge in [-0.2, -0.15) is 0 Å². The third-order valence-corrected chi connectivity index (χ3v) is 4.85. The number of carbonyl (C=O) groups is 2. The Hall–Kier alpha value is -2.83. The number of benzene rings is 1. The number of imidazole rings is 1. The number of aromatic nitrogens is 2. The molecule has 0 saturated carbocycles. The van der Waals surface area contributed by atoms with Crippen LogP contribution in [0.15, 0.2) is 36.7 Å². The molecule has 7 nitrogen and oxygen atoms in total. The summed E-state index contributed by atoms with van der Waals surface area (Å²) >= 11 is 0. The molecule has 1 saturated heterocycles. The molecule has 2 heterocycles. The van der Waals surface area contributed by atoms with Crippen LogP contribution in [0.1, 0.15) is 29.1 Å². The van der Waals surface area contributed by atoms with Crippen LogP contribution in [0.2, 0.25) is 0 Å². The summed E-state index contributed by atoms with van der Waals surface area (Å²) in [6.45, 7) is 5.91. The van der Waals surface area contributed by atoms with Crippen molar-refractivity contribution in [2.75, 3.05) is 33.3 Å². The van der Waals surface area contributed by atoms with E-state index in [1.165, 1.54) is 0 Å². The summed E-state index contributed by atoms with van der Waals surface area (Å²) in [4.78, 5) is 33.1. The van der Waals surface area contributed by atoms with E-state index in [9.17, 15) is 9.59 Å². The maximum atomic E-state index is 12.7. The molecule has 1 aromatic carbocycles. The van der Waals surface area contributed by atoms with Gasteiger partial charge in [0.25, 0.3) is 5.91 Å². The largest absolute Gasteiger partial charge is 0.497 e. The molecule has 2 aromatic rings. The van der Waals surface area contributed by atoms with Crippen molar-refractivity contribution in [3.8, 4) is 5.75 Å². The third-order valence-electron chi connectivity index (χ3n) is 4.85. The monoisotopic (exact) mass is 356 g/mol. The van der Waals surface area contributed by atoms with E-state index in [-0.39, 0.29) is 17.9 Å². The molecule has 1 atom stereocenters. The average molecular weight is 356 g/mol. The number of nitrogens with zero attached hydrogens (tertiary/aromatic N) is 4. The fourth-order valence-electron chi connectivity index (χ4n) is 3.23. The van der Waals surface area contributed by atoms with Crippen molar-refractivity contribution in [2.45, 2.75) is 19.9 Å². The highest BCUT2D eigenvalue weighted by Gasteiger charge is 2.28. The number of ether oxygens (including phenoxy) is 1. The molecule has 0 aliphatic carbocycles. The van der Waals surface area contributed by atoms with E-state index >= 15 is 0 Å². The molecule has 0 bridgehead atoms. The van der Waals surface area contributed by atoms with Crippen LogP contribution in [0.4, 0.5) is 0 Å². The van der Waals surface area contributed by atoms with Gasteiger partial charge in [0.05, 0.1) is 7.11 Å². The Labute approximate surface area is 153 Å². The molecule has 138 valence electrons. The van der Waals surface area contributed by atoms with Gasteiger partial charge in [0.2, 0.25) is 5.91 Å². The number of amides is 2. The van der Waals surface area contributed by atoms with Crippen LogP contribution in [-0.2, 0) is 4.79 Å². The lowest BCUT2D eigenvalue weighted by molar-refractivity contribution is -0.135. The van der Waals surface area contributed by atoms with E-state index < -0.39 is 0 Å². The van der Waals surface area contributed by atoms with Crippen molar-refractivity contribution in [1.29, 1.82) is 0 Å². The molecule has 0 spiro atoms. The number of hydrogen-bond donors (Lipinski definition) is 0. The predicted octanol–water partition coefficient (Wildman–Crippen LogP) is 1.75. The SMILES string of the molecule is COc1ccc(C(=O)N2CCN(C(=O)C(C)n3ccnc3C)CC2)cc1. The van der Waals surface area contributed by atoms with Gasteiger partial charge in [-0.25, -0.2) is 4.98 Å². The number of aryl methyl sites for hydroxylation is 1. The van der Waals surface area contributed by atoms with Gasteiger partial charge in [0, 0.05) is 44.1 Å². The Morgan fingerprint density at radius 2 is 1.69 bits per heavy atom. The van der Waals surface area contributed by atoms with Crippen LogP contribution >= 0.6 is 0 Å². The Bertz CT molecular complexity index is 776. The lowest BCUT2D eigenvalue weighted by Crippen LogP contribution is -2.51. The summed E-state index contributed by atoms with van der Waals surface area (Å²) in [5, 5.41) is 0. The fourth-order valence-corrected chi connectivity index (χ4v) is 3.23. The number of rotatable bonds is 4. The minimum atomic E-state index is -0.290. The maximum Gasteiger partial charge on any atom is 0.253 e. The molecule has 1 aromatic heterocycles. The van der Waals surface area contributed by atoms with Gasteiger partial charge in [-0.3, -0.25) is 9.59 Å². The van der Waals surface area contributed by atoms with Crippen molar-refractivity contribution in [3.05, 3.63) is 48.0 Å². The van der Waals surface area contributed by atoms with Gasteiger partial charge in [0.15, 0.2) is 0 Å². The normalized spacial score (nSPS) is 15.7. The highest BCUT2D eigenvalue weighted by atomic mass is 16.5. The van der Waals surface area contributed by atoms with E-state index in [0.29, 0.717) is 31.7 Å². The van der Waals surface area contributed by atoms with E-state index in [4.69, 9.17) is 4.74 Å². The van der Waals surface area contributed by atoms with Crippen molar-refractivity contribution in [2.24, 2.45) is 0 Å². The van der Waals surface area contributed by atoms with Crippen LogP contribution in [0.25, 0.3) is 0 Å². The van der Waals surface area contributed by atoms with Crippen LogP contribution in [0, 0.1) is 6.92 Å². The topological polar surface area (TPSA) is 67.7 Å². The van der Waals surface area contributed by atoms with Crippen LogP contribution in [0.5, 0.6) is 5.75 Å². The maximum absolute atomic E-state index is 12.7. The van der Waals surface area contributed by atoms with Gasteiger partial charge < -0.3 is 19.1 Å². The molecule has 0 radical (unpaired) electrons. The molecule has 1 aliphatic heterocycles.